The Hall–Kier alpha value is -6.04. The van der Waals surface area contributed by atoms with Crippen molar-refractivity contribution in [1.82, 2.24) is 20.9 Å². The quantitative estimate of drug-likeness (QED) is 0.0209. The first kappa shape index (κ1) is 67.0. The summed E-state index contributed by atoms with van der Waals surface area (Å²) < 4.78 is 0. The monoisotopic (exact) mass is 1060 g/mol. The minimum Gasteiger partial charge on any atom is -0.396 e. The van der Waals surface area contributed by atoms with Gasteiger partial charge in [-0.3, -0.25) is 57.9 Å². The first-order chi connectivity index (χ1) is 35.2. The summed E-state index contributed by atoms with van der Waals surface area (Å²) in [5, 5.41) is 17.8. The van der Waals surface area contributed by atoms with Crippen LogP contribution in [0.25, 0.3) is 0 Å². The molecule has 6 amide bonds. The predicted octanol–water partition coefficient (Wildman–Crippen LogP) is -0.539. The first-order valence-corrected chi connectivity index (χ1v) is 26.5. The van der Waals surface area contributed by atoms with Gasteiger partial charge in [0.1, 0.15) is 0 Å². The molecule has 24 nitrogen and oxygen atoms in total. The Bertz CT molecular complexity index is 1970. The summed E-state index contributed by atoms with van der Waals surface area (Å²) in [6, 6.07) is -4.21. The second-order valence-corrected chi connectivity index (χ2v) is 21.0. The Morgan fingerprint density at radius 1 is 0.573 bits per heavy atom. The minimum atomic E-state index is -1.21. The normalized spacial score (nSPS) is 16.6. The minimum absolute atomic E-state index is 0.00315. The number of nitrogens with zero attached hydrogens (tertiary/aromatic N) is 3. The van der Waals surface area contributed by atoms with Gasteiger partial charge >= 0.3 is 0 Å². The van der Waals surface area contributed by atoms with E-state index in [-0.39, 0.29) is 126 Å². The van der Waals surface area contributed by atoms with Gasteiger partial charge in [-0.15, -0.1) is 0 Å². The second kappa shape index (κ2) is 35.3. The van der Waals surface area contributed by atoms with Gasteiger partial charge in [-0.05, 0) is 95.4 Å². The number of carbonyl (C=O) groups excluding carboxylic acids is 10. The maximum atomic E-state index is 14.6. The summed E-state index contributed by atoms with van der Waals surface area (Å²) in [6.45, 7) is 10.8. The van der Waals surface area contributed by atoms with E-state index in [1.54, 1.807) is 0 Å². The number of guanidine groups is 2. The second-order valence-electron chi connectivity index (χ2n) is 21.0. The standard InChI is InChI=1S/C51H91N13O11/c1-29(2)22-35(48(74)63-38(23-30(3)4)40(66)24-31(5)45(54)71)27-42(68)36(14-7-8-18-52)62-47(73)33(12-9-19-59-50(55)56)25-43(69)39-15-11-21-64(39)49(75)34(13-10-20-60-51(57)58)26-41(67)37(16-17-44(53)70)61-46(72)32(6)28-65/h29-39,65H,7-28,52H2,1-6H3,(H2,53,70)(H2,54,71)(H,61,72)(H,62,73)(H,63,74)(H4,55,56,59)(H4,57,58,60)/t31-,32+,33-,34-,35-,36+,37+,38+,39+/m1/s1. The van der Waals surface area contributed by atoms with Crippen LogP contribution in [-0.2, 0) is 47.9 Å². The molecule has 0 aromatic heterocycles. The van der Waals surface area contributed by atoms with Gasteiger partial charge in [-0.1, -0.05) is 41.5 Å². The molecule has 1 fully saturated rings. The number of unbranched alkanes of at least 4 members (excludes halogenated alkanes) is 1. The molecule has 0 radical (unpaired) electrons. The molecular weight excluding hydrogens is 971 g/mol. The third-order valence-corrected chi connectivity index (χ3v) is 13.3. The maximum absolute atomic E-state index is 14.6. The van der Waals surface area contributed by atoms with Gasteiger partial charge in [0.25, 0.3) is 0 Å². The summed E-state index contributed by atoms with van der Waals surface area (Å²) in [6.07, 6.45) is 1.54. The molecule has 1 aliphatic heterocycles. The van der Waals surface area contributed by atoms with Crippen LogP contribution in [0.2, 0.25) is 0 Å². The molecule has 0 unspecified atom stereocenters. The van der Waals surface area contributed by atoms with Gasteiger partial charge in [-0.25, -0.2) is 0 Å². The fourth-order valence-electron chi connectivity index (χ4n) is 9.00. The average molecular weight is 1060 g/mol. The van der Waals surface area contributed by atoms with E-state index in [1.807, 2.05) is 27.7 Å². The van der Waals surface area contributed by atoms with Crippen LogP contribution in [0.3, 0.4) is 0 Å². The van der Waals surface area contributed by atoms with Crippen molar-refractivity contribution in [3.05, 3.63) is 0 Å². The number of nitrogens with one attached hydrogen (secondary N) is 3. The van der Waals surface area contributed by atoms with Crippen molar-refractivity contribution < 1.29 is 53.1 Å². The van der Waals surface area contributed by atoms with E-state index in [1.165, 1.54) is 18.7 Å². The van der Waals surface area contributed by atoms with E-state index < -0.39 is 120 Å². The average Bonchev–Trinajstić information content (AvgIpc) is 3.83. The molecule has 0 aromatic carbocycles. The smallest absolute Gasteiger partial charge is 0.226 e. The Labute approximate surface area is 442 Å². The van der Waals surface area contributed by atoms with Crippen LogP contribution < -0.4 is 56.1 Å². The molecule has 0 bridgehead atoms. The van der Waals surface area contributed by atoms with Gasteiger partial charge in [0, 0.05) is 75.4 Å². The van der Waals surface area contributed by atoms with Crippen LogP contribution in [-0.4, -0.2) is 137 Å². The highest BCUT2D eigenvalue weighted by Gasteiger charge is 2.40. The van der Waals surface area contributed by atoms with E-state index in [0.717, 1.165) is 0 Å². The van der Waals surface area contributed by atoms with Crippen LogP contribution in [0, 0.1) is 41.4 Å². The van der Waals surface area contributed by atoms with Crippen molar-refractivity contribution in [2.75, 3.05) is 32.8 Å². The molecule has 24 heteroatoms. The number of nitrogens with two attached hydrogens (primary N) is 7. The molecule has 0 saturated carbocycles. The number of hydrogen-bond donors (Lipinski definition) is 11. The molecule has 1 saturated heterocycles. The van der Waals surface area contributed by atoms with Crippen LogP contribution in [0.5, 0.6) is 0 Å². The lowest BCUT2D eigenvalue weighted by Crippen LogP contribution is -2.49. The number of aliphatic imine (C=N–C) groups is 2. The van der Waals surface area contributed by atoms with Crippen LogP contribution >= 0.6 is 0 Å². The topological polar surface area (TPSA) is 437 Å². The molecule has 9 atom stereocenters. The number of Topliss-reactive ketones (excluding diaryl/α,β-unsaturated/α-hetero) is 4. The Morgan fingerprint density at radius 2 is 1.08 bits per heavy atom. The molecule has 1 rings (SSSR count). The fourth-order valence-corrected chi connectivity index (χ4v) is 9.00. The lowest BCUT2D eigenvalue weighted by Gasteiger charge is -2.30. The highest BCUT2D eigenvalue weighted by atomic mass is 16.3. The van der Waals surface area contributed by atoms with Crippen molar-refractivity contribution in [1.29, 1.82) is 0 Å². The third kappa shape index (κ3) is 26.3. The lowest BCUT2D eigenvalue weighted by atomic mass is 9.87. The number of ketones is 4. The van der Waals surface area contributed by atoms with E-state index in [4.69, 9.17) is 40.1 Å². The number of aliphatic hydroxyl groups is 1. The number of carbonyl (C=O) groups is 10. The highest BCUT2D eigenvalue weighted by Crippen LogP contribution is 2.28. The van der Waals surface area contributed by atoms with Crippen molar-refractivity contribution >= 4 is 70.5 Å². The van der Waals surface area contributed by atoms with E-state index in [9.17, 15) is 53.1 Å². The Morgan fingerprint density at radius 3 is 1.60 bits per heavy atom. The number of likely N-dealkylation sites (tertiary alicyclic amines) is 1. The Balaban J connectivity index is 3.59. The van der Waals surface area contributed by atoms with Gasteiger partial charge in [0.2, 0.25) is 35.4 Å². The van der Waals surface area contributed by atoms with Gasteiger partial charge < -0.3 is 66.1 Å². The maximum Gasteiger partial charge on any atom is 0.226 e. The number of hydrogen-bond acceptors (Lipinski definition) is 14. The summed E-state index contributed by atoms with van der Waals surface area (Å²) in [4.78, 5) is 145. The number of amides is 6. The predicted molar refractivity (Wildman–Crippen MR) is 284 cm³/mol. The van der Waals surface area contributed by atoms with E-state index >= 15 is 0 Å². The number of aliphatic hydroxyl groups excluding tert-OH is 1. The highest BCUT2D eigenvalue weighted by molar-refractivity contribution is 5.98. The third-order valence-electron chi connectivity index (χ3n) is 13.3. The van der Waals surface area contributed by atoms with Crippen molar-refractivity contribution in [2.45, 2.75) is 175 Å². The molecule has 75 heavy (non-hydrogen) atoms. The zero-order valence-corrected chi connectivity index (χ0v) is 45.3. The SMILES string of the molecule is CC(C)C[C@H](CC(=O)[C@H](CCCCN)NC(=O)[C@H](CCCN=C(N)N)CC(=O)[C@@H]1CCCN1C(=O)[C@H](CCCN=C(N)N)CC(=O)[C@H](CCC(N)=O)NC(=O)[C@@H](C)CO)C(=O)N[C@@H](CC(C)C)C(=O)C[C@@H](C)C(N)=O. The molecule has 18 N–H and O–H groups in total. The van der Waals surface area contributed by atoms with Crippen molar-refractivity contribution in [3.8, 4) is 0 Å². The summed E-state index contributed by atoms with van der Waals surface area (Å²) in [5.74, 6) is -10.4. The summed E-state index contributed by atoms with van der Waals surface area (Å²) in [7, 11) is 0. The lowest BCUT2D eigenvalue weighted by molar-refractivity contribution is -0.143. The summed E-state index contributed by atoms with van der Waals surface area (Å²) in [5.41, 5.74) is 38.8. The van der Waals surface area contributed by atoms with Gasteiger partial charge in [0.15, 0.2) is 35.1 Å². The zero-order valence-electron chi connectivity index (χ0n) is 45.3. The molecule has 1 aliphatic rings. The molecule has 0 aliphatic carbocycles. The summed E-state index contributed by atoms with van der Waals surface area (Å²) >= 11 is 0. The molecule has 0 aromatic rings. The Kier molecular flexibility index (Phi) is 31.5. The van der Waals surface area contributed by atoms with Gasteiger partial charge in [0.05, 0.1) is 36.7 Å². The molecule has 1 heterocycles. The number of primary amides is 2. The van der Waals surface area contributed by atoms with E-state index in [0.29, 0.717) is 32.2 Å². The molecule has 426 valence electrons. The number of rotatable bonds is 40. The van der Waals surface area contributed by atoms with Crippen LogP contribution in [0.15, 0.2) is 9.98 Å². The van der Waals surface area contributed by atoms with Crippen LogP contribution in [0.4, 0.5) is 0 Å². The van der Waals surface area contributed by atoms with Crippen LogP contribution in [0.1, 0.15) is 151 Å². The van der Waals surface area contributed by atoms with E-state index in [2.05, 4.69) is 25.9 Å². The first-order valence-electron chi connectivity index (χ1n) is 26.5. The largest absolute Gasteiger partial charge is 0.396 e. The van der Waals surface area contributed by atoms with Crippen molar-refractivity contribution in [2.24, 2.45) is 91.5 Å². The molecule has 0 spiro atoms. The fraction of sp³-hybridized carbons (Fsp3) is 0.765. The molecular formula is C51H91N13O11. The zero-order chi connectivity index (χ0) is 56.9. The van der Waals surface area contributed by atoms with Gasteiger partial charge in [-0.2, -0.15) is 0 Å². The van der Waals surface area contributed by atoms with Crippen molar-refractivity contribution in [3.63, 3.8) is 0 Å².